The molecule has 5 N–H and O–H groups in total. The molecule has 4 heteroatoms. The molecule has 0 aromatic heterocycles. The molecular weight excluding hydrogens is 142 g/mol. The van der Waals surface area contributed by atoms with Gasteiger partial charge in [-0.25, -0.2) is 4.79 Å². The average molecular weight is 159 g/mol. The molecule has 1 atom stereocenters. The molecule has 0 radical (unpaired) electrons. The molecule has 2 amide bonds. The van der Waals surface area contributed by atoms with E-state index in [0.29, 0.717) is 6.54 Å². The number of carbonyl (C=O) groups excluding carboxylic acids is 1. The number of primary amides is 1. The van der Waals surface area contributed by atoms with E-state index in [1.807, 2.05) is 6.92 Å². The number of nitrogens with one attached hydrogen (secondary N) is 1. The summed E-state index contributed by atoms with van der Waals surface area (Å²) in [5.74, 6) is 0. The van der Waals surface area contributed by atoms with Gasteiger partial charge < -0.3 is 16.8 Å². The van der Waals surface area contributed by atoms with Crippen LogP contribution in [0, 0.1) is 0 Å². The van der Waals surface area contributed by atoms with Gasteiger partial charge in [-0.1, -0.05) is 6.42 Å². The molecule has 0 aromatic carbocycles. The summed E-state index contributed by atoms with van der Waals surface area (Å²) in [6, 6.07) is -0.200. The third-order valence-corrected chi connectivity index (χ3v) is 1.39. The molecule has 11 heavy (non-hydrogen) atoms. The first-order chi connectivity index (χ1) is 5.13. The number of hydrogen-bond donors (Lipinski definition) is 3. The van der Waals surface area contributed by atoms with Crippen LogP contribution in [0.3, 0.4) is 0 Å². The van der Waals surface area contributed by atoms with Crippen LogP contribution < -0.4 is 16.8 Å². The molecule has 0 aliphatic heterocycles. The molecule has 66 valence electrons. The maximum atomic E-state index is 10.2. The number of unbranched alkanes of at least 4 members (excludes halogenated alkanes) is 1. The standard InChI is InChI=1S/C7H17N3O/c1-6(8)4-2-3-5-10-7(9)11/h6H,2-5,8H2,1H3,(H3,9,10,11)/t6-/m1/s1. The summed E-state index contributed by atoms with van der Waals surface area (Å²) >= 11 is 0. The summed E-state index contributed by atoms with van der Waals surface area (Å²) in [6.07, 6.45) is 2.99. The molecule has 0 fully saturated rings. The second kappa shape index (κ2) is 5.97. The van der Waals surface area contributed by atoms with Gasteiger partial charge in [0.1, 0.15) is 0 Å². The zero-order valence-corrected chi connectivity index (χ0v) is 6.97. The molecule has 0 rings (SSSR count). The van der Waals surface area contributed by atoms with E-state index in [0.717, 1.165) is 19.3 Å². The largest absolute Gasteiger partial charge is 0.352 e. The number of nitrogens with two attached hydrogens (primary N) is 2. The zero-order chi connectivity index (χ0) is 8.69. The molecule has 0 heterocycles. The van der Waals surface area contributed by atoms with Gasteiger partial charge in [-0.3, -0.25) is 0 Å². The van der Waals surface area contributed by atoms with E-state index in [1.54, 1.807) is 0 Å². The van der Waals surface area contributed by atoms with Gasteiger partial charge >= 0.3 is 6.03 Å². The molecule has 0 spiro atoms. The Bertz CT molecular complexity index is 114. The summed E-state index contributed by atoms with van der Waals surface area (Å²) in [5, 5.41) is 2.52. The van der Waals surface area contributed by atoms with Crippen molar-refractivity contribution in [2.45, 2.75) is 32.2 Å². The Hall–Kier alpha value is -0.770. The maximum Gasteiger partial charge on any atom is 0.312 e. The van der Waals surface area contributed by atoms with Crippen molar-refractivity contribution < 1.29 is 4.79 Å². The lowest BCUT2D eigenvalue weighted by Crippen LogP contribution is -2.30. The normalized spacial score (nSPS) is 12.5. The van der Waals surface area contributed by atoms with Crippen LogP contribution >= 0.6 is 0 Å². The van der Waals surface area contributed by atoms with Gasteiger partial charge in [-0.05, 0) is 19.8 Å². The first kappa shape index (κ1) is 10.2. The van der Waals surface area contributed by atoms with E-state index in [1.165, 1.54) is 0 Å². The van der Waals surface area contributed by atoms with Gasteiger partial charge in [-0.15, -0.1) is 0 Å². The van der Waals surface area contributed by atoms with Crippen molar-refractivity contribution in [2.24, 2.45) is 11.5 Å². The first-order valence-corrected chi connectivity index (χ1v) is 3.92. The lowest BCUT2D eigenvalue weighted by molar-refractivity contribution is 0.248. The van der Waals surface area contributed by atoms with Gasteiger partial charge in [0.15, 0.2) is 0 Å². The van der Waals surface area contributed by atoms with Crippen LogP contribution in [-0.4, -0.2) is 18.6 Å². The van der Waals surface area contributed by atoms with Gasteiger partial charge in [0, 0.05) is 12.6 Å². The number of carbonyl (C=O) groups is 1. The topological polar surface area (TPSA) is 81.1 Å². The Kier molecular flexibility index (Phi) is 5.56. The molecule has 0 aliphatic carbocycles. The average Bonchev–Trinajstić information content (AvgIpc) is 1.85. The third-order valence-electron chi connectivity index (χ3n) is 1.39. The number of amides is 2. The molecule has 4 nitrogen and oxygen atoms in total. The van der Waals surface area contributed by atoms with E-state index in [9.17, 15) is 4.79 Å². The quantitative estimate of drug-likeness (QED) is 0.500. The van der Waals surface area contributed by atoms with Gasteiger partial charge in [-0.2, -0.15) is 0 Å². The highest BCUT2D eigenvalue weighted by Gasteiger charge is 1.94. The summed E-state index contributed by atoms with van der Waals surface area (Å²) in [4.78, 5) is 10.2. The third kappa shape index (κ3) is 9.23. The highest BCUT2D eigenvalue weighted by molar-refractivity contribution is 5.71. The Morgan fingerprint density at radius 2 is 2.18 bits per heavy atom. The molecule has 0 saturated heterocycles. The van der Waals surface area contributed by atoms with E-state index < -0.39 is 6.03 Å². The summed E-state index contributed by atoms with van der Waals surface area (Å²) in [7, 11) is 0. The SMILES string of the molecule is C[C@@H](N)CCCCNC(N)=O. The van der Waals surface area contributed by atoms with Crippen molar-refractivity contribution >= 4 is 6.03 Å². The lowest BCUT2D eigenvalue weighted by atomic mass is 10.1. The van der Waals surface area contributed by atoms with Crippen molar-refractivity contribution in [3.8, 4) is 0 Å². The van der Waals surface area contributed by atoms with E-state index in [4.69, 9.17) is 11.5 Å². The molecular formula is C7H17N3O. The number of hydrogen-bond acceptors (Lipinski definition) is 2. The van der Waals surface area contributed by atoms with Gasteiger partial charge in [0.2, 0.25) is 0 Å². The molecule has 0 aromatic rings. The van der Waals surface area contributed by atoms with Crippen molar-refractivity contribution in [3.05, 3.63) is 0 Å². The minimum absolute atomic E-state index is 0.253. The predicted octanol–water partition coefficient (Wildman–Crippen LogP) is 0.172. The number of urea groups is 1. The van der Waals surface area contributed by atoms with Crippen LogP contribution in [0.1, 0.15) is 26.2 Å². The highest BCUT2D eigenvalue weighted by atomic mass is 16.2. The molecule has 0 unspecified atom stereocenters. The van der Waals surface area contributed by atoms with Crippen LogP contribution in [-0.2, 0) is 0 Å². The summed E-state index contributed by atoms with van der Waals surface area (Å²) < 4.78 is 0. The van der Waals surface area contributed by atoms with Crippen LogP contribution in [0.4, 0.5) is 4.79 Å². The fraction of sp³-hybridized carbons (Fsp3) is 0.857. The van der Waals surface area contributed by atoms with Crippen LogP contribution in [0.2, 0.25) is 0 Å². The highest BCUT2D eigenvalue weighted by Crippen LogP contribution is 1.96. The van der Waals surface area contributed by atoms with Crippen LogP contribution in [0.25, 0.3) is 0 Å². The van der Waals surface area contributed by atoms with Crippen LogP contribution in [0.15, 0.2) is 0 Å². The van der Waals surface area contributed by atoms with Crippen LogP contribution in [0.5, 0.6) is 0 Å². The Labute approximate surface area is 67.3 Å². The molecule has 0 bridgehead atoms. The summed E-state index contributed by atoms with van der Waals surface area (Å²) in [5.41, 5.74) is 10.4. The van der Waals surface area contributed by atoms with Crippen molar-refractivity contribution in [1.82, 2.24) is 5.32 Å². The Balaban J connectivity index is 2.97. The van der Waals surface area contributed by atoms with E-state index in [2.05, 4.69) is 5.32 Å². The second-order valence-electron chi connectivity index (χ2n) is 2.76. The number of rotatable bonds is 5. The molecule has 0 aliphatic rings. The minimum atomic E-state index is -0.453. The fourth-order valence-electron chi connectivity index (χ4n) is 0.803. The van der Waals surface area contributed by atoms with E-state index >= 15 is 0 Å². The maximum absolute atomic E-state index is 10.2. The van der Waals surface area contributed by atoms with Crippen molar-refractivity contribution in [1.29, 1.82) is 0 Å². The second-order valence-corrected chi connectivity index (χ2v) is 2.76. The predicted molar refractivity (Wildman–Crippen MR) is 45.1 cm³/mol. The molecule has 0 saturated carbocycles. The Morgan fingerprint density at radius 1 is 1.55 bits per heavy atom. The lowest BCUT2D eigenvalue weighted by Gasteiger charge is -2.04. The minimum Gasteiger partial charge on any atom is -0.352 e. The smallest absolute Gasteiger partial charge is 0.312 e. The monoisotopic (exact) mass is 159 g/mol. The Morgan fingerprint density at radius 3 is 2.64 bits per heavy atom. The van der Waals surface area contributed by atoms with Gasteiger partial charge in [0.05, 0.1) is 0 Å². The summed E-state index contributed by atoms with van der Waals surface area (Å²) in [6.45, 7) is 2.63. The zero-order valence-electron chi connectivity index (χ0n) is 6.97. The van der Waals surface area contributed by atoms with Crippen molar-refractivity contribution in [2.75, 3.05) is 6.54 Å². The van der Waals surface area contributed by atoms with Crippen molar-refractivity contribution in [3.63, 3.8) is 0 Å². The van der Waals surface area contributed by atoms with Gasteiger partial charge in [0.25, 0.3) is 0 Å². The fourth-order valence-corrected chi connectivity index (χ4v) is 0.803. The van der Waals surface area contributed by atoms with E-state index in [-0.39, 0.29) is 6.04 Å². The first-order valence-electron chi connectivity index (χ1n) is 3.92.